The van der Waals surface area contributed by atoms with Gasteiger partial charge in [-0.05, 0) is 61.2 Å². The normalized spacial score (nSPS) is 22.6. The van der Waals surface area contributed by atoms with Crippen LogP contribution in [0, 0.1) is 5.92 Å². The lowest BCUT2D eigenvalue weighted by Gasteiger charge is -2.31. The molecule has 0 saturated carbocycles. The number of halogens is 1. The van der Waals surface area contributed by atoms with Gasteiger partial charge in [0.05, 0.1) is 23.7 Å². The van der Waals surface area contributed by atoms with E-state index in [-0.39, 0.29) is 29.1 Å². The number of anilines is 1. The summed E-state index contributed by atoms with van der Waals surface area (Å²) in [5.41, 5.74) is 1.33. The van der Waals surface area contributed by atoms with Gasteiger partial charge in [0, 0.05) is 28.4 Å². The number of ether oxygens (including phenoxy) is 1. The first kappa shape index (κ1) is 26.3. The van der Waals surface area contributed by atoms with E-state index in [1.54, 1.807) is 31.4 Å². The number of hydrogen-bond acceptors (Lipinski definition) is 7. The average molecular weight is 629 g/mol. The van der Waals surface area contributed by atoms with E-state index in [0.717, 1.165) is 45.5 Å². The van der Waals surface area contributed by atoms with Crippen molar-refractivity contribution in [1.29, 1.82) is 0 Å². The molecule has 2 saturated heterocycles. The Morgan fingerprint density at radius 2 is 1.67 bits per heavy atom. The Morgan fingerprint density at radius 3 is 2.33 bits per heavy atom. The van der Waals surface area contributed by atoms with Gasteiger partial charge in [0.1, 0.15) is 17.5 Å². The molecule has 0 aliphatic carbocycles. The summed E-state index contributed by atoms with van der Waals surface area (Å²) in [6, 6.07) is 14.5. The molecule has 3 atom stereocenters. The Balaban J connectivity index is 1.42. The second-order valence-electron chi connectivity index (χ2n) is 9.87. The van der Waals surface area contributed by atoms with Crippen molar-refractivity contribution in [1.82, 2.24) is 9.47 Å². The molecule has 0 spiro atoms. The molecule has 3 unspecified atom stereocenters. The smallest absolute Gasteiger partial charge is 0.308 e. The van der Waals surface area contributed by atoms with E-state index in [1.165, 1.54) is 21.2 Å². The van der Waals surface area contributed by atoms with E-state index in [4.69, 9.17) is 4.74 Å². The fourth-order valence-electron chi connectivity index (χ4n) is 5.65. The second kappa shape index (κ2) is 10.6. The number of rotatable bonds is 5. The van der Waals surface area contributed by atoms with Crippen LogP contribution >= 0.6 is 39.0 Å². The zero-order valence-electron chi connectivity index (χ0n) is 21.2. The standard InChI is InChI=1S/C28H26BrN3O5S2/c1-37-19-11-9-18(10-12-19)32-25(34)22-21(16-5-7-17(29)8-6-16)24-27(38-23(22)26(32)35)31(28(36)39-24)15-20(33)30-13-3-2-4-14-30/h5-12,21-23H,2-4,13-15H2,1H3. The molecule has 2 fully saturated rings. The molecule has 2 aromatic carbocycles. The van der Waals surface area contributed by atoms with Crippen LogP contribution in [-0.4, -0.2) is 52.6 Å². The maximum atomic E-state index is 14.0. The second-order valence-corrected chi connectivity index (χ2v) is 12.9. The first-order chi connectivity index (χ1) is 18.9. The Labute approximate surface area is 242 Å². The number of amides is 3. The zero-order chi connectivity index (χ0) is 27.3. The minimum absolute atomic E-state index is 0.0631. The highest BCUT2D eigenvalue weighted by atomic mass is 79.9. The van der Waals surface area contributed by atoms with Gasteiger partial charge in [-0.1, -0.05) is 51.2 Å². The fraction of sp³-hybridized carbons (Fsp3) is 0.357. The minimum Gasteiger partial charge on any atom is -0.497 e. The van der Waals surface area contributed by atoms with E-state index in [0.29, 0.717) is 29.6 Å². The quantitative estimate of drug-likeness (QED) is 0.387. The van der Waals surface area contributed by atoms with Crippen LogP contribution < -0.4 is 14.5 Å². The number of thioether (sulfide) groups is 1. The fourth-order valence-corrected chi connectivity index (χ4v) is 8.69. The molecule has 0 N–H and O–H groups in total. The molecule has 0 radical (unpaired) electrons. The summed E-state index contributed by atoms with van der Waals surface area (Å²) >= 11 is 5.79. The predicted molar refractivity (Wildman–Crippen MR) is 154 cm³/mol. The van der Waals surface area contributed by atoms with Gasteiger partial charge in [0.2, 0.25) is 17.7 Å². The molecule has 3 aliphatic rings. The molecule has 8 nitrogen and oxygen atoms in total. The lowest BCUT2D eigenvalue weighted by molar-refractivity contribution is -0.133. The van der Waals surface area contributed by atoms with Crippen molar-refractivity contribution in [2.75, 3.05) is 25.1 Å². The van der Waals surface area contributed by atoms with Gasteiger partial charge in [-0.15, -0.1) is 0 Å². The highest BCUT2D eigenvalue weighted by molar-refractivity contribution is 9.10. The molecular formula is C28H26BrN3O5S2. The number of carbonyl (C=O) groups excluding carboxylic acids is 3. The molecule has 39 heavy (non-hydrogen) atoms. The van der Waals surface area contributed by atoms with Gasteiger partial charge in [0.15, 0.2) is 0 Å². The van der Waals surface area contributed by atoms with E-state index < -0.39 is 17.1 Å². The number of aromatic nitrogens is 1. The Hall–Kier alpha value is -2.89. The van der Waals surface area contributed by atoms with Gasteiger partial charge in [0.25, 0.3) is 0 Å². The third kappa shape index (κ3) is 4.64. The number of piperidine rings is 1. The van der Waals surface area contributed by atoms with E-state index in [1.807, 2.05) is 29.2 Å². The highest BCUT2D eigenvalue weighted by Gasteiger charge is 2.56. The summed E-state index contributed by atoms with van der Waals surface area (Å²) in [7, 11) is 1.56. The first-order valence-corrected chi connectivity index (χ1v) is 15.3. The molecule has 3 aromatic rings. The molecule has 3 aliphatic heterocycles. The summed E-state index contributed by atoms with van der Waals surface area (Å²) in [5, 5.41) is -0.103. The molecule has 202 valence electrons. The van der Waals surface area contributed by atoms with Crippen molar-refractivity contribution in [2.24, 2.45) is 5.92 Å². The summed E-state index contributed by atoms with van der Waals surface area (Å²) in [6.07, 6.45) is 3.03. The number of hydrogen-bond donors (Lipinski definition) is 0. The van der Waals surface area contributed by atoms with Crippen LogP contribution in [0.4, 0.5) is 5.69 Å². The van der Waals surface area contributed by atoms with Crippen molar-refractivity contribution in [3.63, 3.8) is 0 Å². The van der Waals surface area contributed by atoms with Crippen LogP contribution in [-0.2, 0) is 20.9 Å². The largest absolute Gasteiger partial charge is 0.497 e. The van der Waals surface area contributed by atoms with Crippen molar-refractivity contribution < 1.29 is 19.1 Å². The number of benzene rings is 2. The number of imide groups is 1. The Bertz CT molecular complexity index is 1490. The molecule has 4 heterocycles. The highest BCUT2D eigenvalue weighted by Crippen LogP contribution is 2.54. The zero-order valence-corrected chi connectivity index (χ0v) is 24.4. The Morgan fingerprint density at radius 1 is 0.974 bits per heavy atom. The monoisotopic (exact) mass is 627 g/mol. The maximum Gasteiger partial charge on any atom is 0.308 e. The molecule has 3 amide bonds. The SMILES string of the molecule is COc1ccc(N2C(=O)C3Sc4c(sc(=O)n4CC(=O)N4CCCCC4)C(c4ccc(Br)cc4)C3C2=O)cc1. The van der Waals surface area contributed by atoms with E-state index in [9.17, 15) is 19.2 Å². The molecule has 0 bridgehead atoms. The minimum atomic E-state index is -0.717. The van der Waals surface area contributed by atoms with Crippen LogP contribution in [0.25, 0.3) is 0 Å². The van der Waals surface area contributed by atoms with E-state index >= 15 is 0 Å². The summed E-state index contributed by atoms with van der Waals surface area (Å²) in [5.74, 6) is -1.24. The number of carbonyl (C=O) groups is 3. The Kier molecular flexibility index (Phi) is 7.15. The van der Waals surface area contributed by atoms with Gasteiger partial charge < -0.3 is 9.64 Å². The van der Waals surface area contributed by atoms with Crippen molar-refractivity contribution in [3.8, 4) is 5.75 Å². The van der Waals surface area contributed by atoms with Crippen LogP contribution in [0.15, 0.2) is 62.8 Å². The van der Waals surface area contributed by atoms with Gasteiger partial charge in [-0.3, -0.25) is 23.7 Å². The molecular weight excluding hydrogens is 602 g/mol. The number of likely N-dealkylation sites (tertiary alicyclic amines) is 1. The number of nitrogens with zero attached hydrogens (tertiary/aromatic N) is 3. The predicted octanol–water partition coefficient (Wildman–Crippen LogP) is 4.49. The van der Waals surface area contributed by atoms with Crippen molar-refractivity contribution >= 4 is 62.4 Å². The number of methoxy groups -OCH3 is 1. The third-order valence-corrected chi connectivity index (χ3v) is 10.7. The topological polar surface area (TPSA) is 88.9 Å². The van der Waals surface area contributed by atoms with Gasteiger partial charge in [-0.2, -0.15) is 0 Å². The first-order valence-electron chi connectivity index (χ1n) is 12.8. The van der Waals surface area contributed by atoms with Crippen molar-refractivity contribution in [3.05, 3.63) is 73.1 Å². The van der Waals surface area contributed by atoms with Crippen LogP contribution in [0.5, 0.6) is 5.75 Å². The van der Waals surface area contributed by atoms with Gasteiger partial charge >= 0.3 is 4.87 Å². The lowest BCUT2D eigenvalue weighted by atomic mass is 9.83. The summed E-state index contributed by atoms with van der Waals surface area (Å²) < 4.78 is 7.64. The number of thiazole rings is 1. The van der Waals surface area contributed by atoms with E-state index in [2.05, 4.69) is 15.9 Å². The summed E-state index contributed by atoms with van der Waals surface area (Å²) in [6.45, 7) is 1.33. The summed E-state index contributed by atoms with van der Waals surface area (Å²) in [4.78, 5) is 57.8. The molecule has 1 aromatic heterocycles. The van der Waals surface area contributed by atoms with Crippen LogP contribution in [0.1, 0.15) is 35.6 Å². The average Bonchev–Trinajstić information content (AvgIpc) is 3.40. The van der Waals surface area contributed by atoms with Crippen LogP contribution in [0.3, 0.4) is 0 Å². The molecule has 6 rings (SSSR count). The molecule has 11 heteroatoms. The maximum absolute atomic E-state index is 14.0. The van der Waals surface area contributed by atoms with Crippen LogP contribution in [0.2, 0.25) is 0 Å². The van der Waals surface area contributed by atoms with Gasteiger partial charge in [-0.25, -0.2) is 4.90 Å². The lowest BCUT2D eigenvalue weighted by Crippen LogP contribution is -2.39. The number of fused-ring (bicyclic) bond motifs is 2. The van der Waals surface area contributed by atoms with Crippen molar-refractivity contribution in [2.45, 2.75) is 42.0 Å². The third-order valence-electron chi connectivity index (χ3n) is 7.61.